The highest BCUT2D eigenvalue weighted by atomic mass is 16.5. The van der Waals surface area contributed by atoms with Crippen molar-refractivity contribution in [2.24, 2.45) is 5.41 Å². The number of nitrogens with one attached hydrogen (secondary N) is 1. The Kier molecular flexibility index (Phi) is 3.97. The third-order valence-corrected chi connectivity index (χ3v) is 4.49. The lowest BCUT2D eigenvalue weighted by Crippen LogP contribution is -2.48. The molecule has 3 aromatic rings. The molecule has 1 fully saturated rings. The largest absolute Gasteiger partial charge is 0.380 e. The van der Waals surface area contributed by atoms with E-state index in [1.807, 2.05) is 28.9 Å². The van der Waals surface area contributed by atoms with Gasteiger partial charge in [0.1, 0.15) is 0 Å². The first-order chi connectivity index (χ1) is 12.1. The fraction of sp³-hybridized carbons (Fsp3) is 0.316. The van der Waals surface area contributed by atoms with E-state index in [1.165, 1.54) is 0 Å². The summed E-state index contributed by atoms with van der Waals surface area (Å²) in [6.45, 7) is 4.75. The molecule has 0 bridgehead atoms. The molecule has 0 atom stereocenters. The number of nitrogens with zero attached hydrogens (tertiary/aromatic N) is 3. The van der Waals surface area contributed by atoms with Crippen molar-refractivity contribution in [2.75, 3.05) is 19.8 Å². The van der Waals surface area contributed by atoms with Gasteiger partial charge in [0.25, 0.3) is 5.91 Å². The van der Waals surface area contributed by atoms with Gasteiger partial charge in [0, 0.05) is 23.5 Å². The summed E-state index contributed by atoms with van der Waals surface area (Å²) in [5.41, 5.74) is 2.54. The van der Waals surface area contributed by atoms with Gasteiger partial charge in [-0.1, -0.05) is 37.3 Å². The molecule has 1 saturated heterocycles. The minimum atomic E-state index is -0.113. The van der Waals surface area contributed by atoms with Crippen molar-refractivity contribution in [3.05, 3.63) is 59.9 Å². The molecule has 3 heterocycles. The van der Waals surface area contributed by atoms with E-state index >= 15 is 0 Å². The van der Waals surface area contributed by atoms with Crippen molar-refractivity contribution in [3.8, 4) is 0 Å². The standard InChI is InChI=1S/C19H20N4O2/c1-19(12-25-13-19)11-21-18(24)16-7-15-9-22-23(17(15)20-8-16)10-14-5-3-2-4-6-14/h2-9H,10-13H2,1H3,(H,21,24). The van der Waals surface area contributed by atoms with E-state index in [0.717, 1.165) is 16.6 Å². The average Bonchev–Trinajstić information content (AvgIpc) is 3.01. The van der Waals surface area contributed by atoms with E-state index in [9.17, 15) is 4.79 Å². The van der Waals surface area contributed by atoms with Gasteiger partial charge in [0.05, 0.1) is 31.5 Å². The zero-order valence-corrected chi connectivity index (χ0v) is 14.1. The molecule has 1 amide bonds. The van der Waals surface area contributed by atoms with E-state index in [2.05, 4.69) is 34.5 Å². The van der Waals surface area contributed by atoms with Crippen LogP contribution in [0.5, 0.6) is 0 Å². The molecule has 0 spiro atoms. The topological polar surface area (TPSA) is 69.0 Å². The number of aromatic nitrogens is 3. The normalized spacial score (nSPS) is 15.7. The minimum absolute atomic E-state index is 0.0494. The summed E-state index contributed by atoms with van der Waals surface area (Å²) in [4.78, 5) is 16.8. The van der Waals surface area contributed by atoms with Crippen LogP contribution in [-0.2, 0) is 11.3 Å². The van der Waals surface area contributed by atoms with Crippen molar-refractivity contribution in [3.63, 3.8) is 0 Å². The van der Waals surface area contributed by atoms with E-state index < -0.39 is 0 Å². The first kappa shape index (κ1) is 15.8. The van der Waals surface area contributed by atoms with E-state index in [-0.39, 0.29) is 11.3 Å². The van der Waals surface area contributed by atoms with E-state index in [4.69, 9.17) is 4.74 Å². The van der Waals surface area contributed by atoms with Crippen LogP contribution < -0.4 is 5.32 Å². The van der Waals surface area contributed by atoms with Crippen molar-refractivity contribution < 1.29 is 9.53 Å². The third kappa shape index (κ3) is 3.25. The first-order valence-corrected chi connectivity index (χ1v) is 8.34. The Hall–Kier alpha value is -2.73. The molecular formula is C19H20N4O2. The van der Waals surface area contributed by atoms with Gasteiger partial charge in [-0.2, -0.15) is 5.10 Å². The highest BCUT2D eigenvalue weighted by Crippen LogP contribution is 2.25. The molecule has 4 rings (SSSR count). The molecule has 6 nitrogen and oxygen atoms in total. The van der Waals surface area contributed by atoms with Crippen LogP contribution in [0.3, 0.4) is 0 Å². The molecule has 1 aromatic carbocycles. The Labute approximate surface area is 145 Å². The van der Waals surface area contributed by atoms with Crippen LogP contribution in [-0.4, -0.2) is 40.4 Å². The van der Waals surface area contributed by atoms with Gasteiger partial charge in [0.15, 0.2) is 5.65 Å². The van der Waals surface area contributed by atoms with Gasteiger partial charge in [-0.15, -0.1) is 0 Å². The van der Waals surface area contributed by atoms with Crippen LogP contribution in [0, 0.1) is 5.41 Å². The quantitative estimate of drug-likeness (QED) is 0.776. The predicted molar refractivity (Wildman–Crippen MR) is 94.3 cm³/mol. The van der Waals surface area contributed by atoms with Gasteiger partial charge in [0.2, 0.25) is 0 Å². The number of amides is 1. The number of rotatable bonds is 5. The molecule has 0 unspecified atom stereocenters. The lowest BCUT2D eigenvalue weighted by atomic mass is 9.89. The second-order valence-corrected chi connectivity index (χ2v) is 6.91. The molecule has 0 saturated carbocycles. The Balaban J connectivity index is 1.50. The van der Waals surface area contributed by atoms with Gasteiger partial charge in [-0.05, 0) is 11.6 Å². The molecule has 1 aliphatic heterocycles. The fourth-order valence-corrected chi connectivity index (χ4v) is 2.92. The molecule has 0 radical (unpaired) electrons. The van der Waals surface area contributed by atoms with Crippen LogP contribution in [0.2, 0.25) is 0 Å². The summed E-state index contributed by atoms with van der Waals surface area (Å²) in [6.07, 6.45) is 3.36. The smallest absolute Gasteiger partial charge is 0.252 e. The predicted octanol–water partition coefficient (Wildman–Crippen LogP) is 2.25. The fourth-order valence-electron chi connectivity index (χ4n) is 2.92. The zero-order chi connectivity index (χ0) is 17.3. The van der Waals surface area contributed by atoms with Crippen molar-refractivity contribution in [1.29, 1.82) is 0 Å². The Morgan fingerprint density at radius 2 is 2.08 bits per heavy atom. The van der Waals surface area contributed by atoms with Crippen molar-refractivity contribution >= 4 is 16.9 Å². The second-order valence-electron chi connectivity index (χ2n) is 6.91. The highest BCUT2D eigenvalue weighted by molar-refractivity contribution is 5.96. The molecule has 2 aromatic heterocycles. The summed E-state index contributed by atoms with van der Waals surface area (Å²) >= 11 is 0. The molecule has 1 aliphatic rings. The monoisotopic (exact) mass is 336 g/mol. The van der Waals surface area contributed by atoms with Crippen LogP contribution >= 0.6 is 0 Å². The van der Waals surface area contributed by atoms with Crippen LogP contribution in [0.25, 0.3) is 11.0 Å². The Morgan fingerprint density at radius 1 is 1.28 bits per heavy atom. The van der Waals surface area contributed by atoms with Crippen LogP contribution in [0.15, 0.2) is 48.8 Å². The lowest BCUT2D eigenvalue weighted by molar-refractivity contribution is -0.0978. The molecule has 0 aliphatic carbocycles. The number of pyridine rings is 1. The number of fused-ring (bicyclic) bond motifs is 1. The van der Waals surface area contributed by atoms with Gasteiger partial charge >= 0.3 is 0 Å². The van der Waals surface area contributed by atoms with Crippen LogP contribution in [0.1, 0.15) is 22.8 Å². The summed E-state index contributed by atoms with van der Waals surface area (Å²) in [7, 11) is 0. The Morgan fingerprint density at radius 3 is 2.80 bits per heavy atom. The van der Waals surface area contributed by atoms with Crippen LogP contribution in [0.4, 0.5) is 0 Å². The molecule has 128 valence electrons. The number of benzene rings is 1. The van der Waals surface area contributed by atoms with E-state index in [0.29, 0.717) is 31.9 Å². The zero-order valence-electron chi connectivity index (χ0n) is 14.1. The highest BCUT2D eigenvalue weighted by Gasteiger charge is 2.33. The molecular weight excluding hydrogens is 316 g/mol. The van der Waals surface area contributed by atoms with Crippen molar-refractivity contribution in [2.45, 2.75) is 13.5 Å². The first-order valence-electron chi connectivity index (χ1n) is 8.34. The summed E-state index contributed by atoms with van der Waals surface area (Å²) < 4.78 is 7.06. The van der Waals surface area contributed by atoms with Gasteiger partial charge in [-0.25, -0.2) is 9.67 Å². The van der Waals surface area contributed by atoms with Crippen molar-refractivity contribution in [1.82, 2.24) is 20.1 Å². The van der Waals surface area contributed by atoms with Gasteiger partial charge in [-0.3, -0.25) is 4.79 Å². The number of hydrogen-bond acceptors (Lipinski definition) is 4. The number of carbonyl (C=O) groups is 1. The average molecular weight is 336 g/mol. The summed E-state index contributed by atoms with van der Waals surface area (Å²) in [5.74, 6) is -0.113. The number of carbonyl (C=O) groups excluding carboxylic acids is 1. The number of ether oxygens (including phenoxy) is 1. The third-order valence-electron chi connectivity index (χ3n) is 4.49. The van der Waals surface area contributed by atoms with Gasteiger partial charge < -0.3 is 10.1 Å². The summed E-state index contributed by atoms with van der Waals surface area (Å²) in [6, 6.07) is 11.9. The van der Waals surface area contributed by atoms with E-state index in [1.54, 1.807) is 12.4 Å². The maximum absolute atomic E-state index is 12.4. The lowest BCUT2D eigenvalue weighted by Gasteiger charge is -2.37. The summed E-state index contributed by atoms with van der Waals surface area (Å²) in [5, 5.41) is 8.23. The second kappa shape index (κ2) is 6.29. The maximum Gasteiger partial charge on any atom is 0.252 e. The SMILES string of the molecule is CC1(CNC(=O)c2cnc3c(cnn3Cc3ccccc3)c2)COC1. The maximum atomic E-state index is 12.4. The number of hydrogen-bond donors (Lipinski definition) is 1. The minimum Gasteiger partial charge on any atom is -0.380 e. The molecule has 1 N–H and O–H groups in total. The molecule has 6 heteroatoms. The molecule has 25 heavy (non-hydrogen) atoms. The Bertz CT molecular complexity index is 900.